The summed E-state index contributed by atoms with van der Waals surface area (Å²) in [6.45, 7) is 1.83. The SMILES string of the molecule is CC1=C(C(=O)Nc2cc(Cl)ccc2Cl)[C@@H](c2ccco2)C2=C(CCCC2=O)N1. The second kappa shape index (κ2) is 7.49. The second-order valence-electron chi connectivity index (χ2n) is 6.86. The van der Waals surface area contributed by atoms with Crippen LogP contribution in [-0.2, 0) is 9.59 Å². The lowest BCUT2D eigenvalue weighted by atomic mass is 9.77. The number of hydrogen-bond donors (Lipinski definition) is 2. The molecule has 1 atom stereocenters. The van der Waals surface area contributed by atoms with E-state index in [1.807, 2.05) is 6.92 Å². The summed E-state index contributed by atoms with van der Waals surface area (Å²) in [5, 5.41) is 6.92. The monoisotopic (exact) mass is 416 g/mol. The number of benzene rings is 1. The molecule has 0 fully saturated rings. The van der Waals surface area contributed by atoms with Gasteiger partial charge in [-0.05, 0) is 50.1 Å². The highest BCUT2D eigenvalue weighted by Gasteiger charge is 2.39. The summed E-state index contributed by atoms with van der Waals surface area (Å²) in [5.41, 5.74) is 3.00. The first-order chi connectivity index (χ1) is 13.5. The van der Waals surface area contributed by atoms with Crippen molar-refractivity contribution in [3.8, 4) is 0 Å². The minimum atomic E-state index is -0.558. The predicted octanol–water partition coefficient (Wildman–Crippen LogP) is 5.19. The van der Waals surface area contributed by atoms with Crippen molar-refractivity contribution in [3.05, 3.63) is 74.9 Å². The maximum atomic E-state index is 13.2. The number of ketones is 1. The molecule has 0 radical (unpaired) electrons. The van der Waals surface area contributed by atoms with Crippen LogP contribution in [0.4, 0.5) is 5.69 Å². The number of furan rings is 1. The van der Waals surface area contributed by atoms with Crippen molar-refractivity contribution in [1.82, 2.24) is 5.32 Å². The fourth-order valence-corrected chi connectivity index (χ4v) is 4.14. The normalized spacial score (nSPS) is 19.4. The Kier molecular flexibility index (Phi) is 5.04. The molecule has 2 aliphatic rings. The zero-order valence-corrected chi connectivity index (χ0v) is 16.7. The maximum Gasteiger partial charge on any atom is 0.254 e. The highest BCUT2D eigenvalue weighted by molar-refractivity contribution is 6.36. The number of carbonyl (C=O) groups is 2. The Labute approximate surface area is 172 Å². The highest BCUT2D eigenvalue weighted by Crippen LogP contribution is 2.42. The molecule has 2 N–H and O–H groups in total. The first-order valence-electron chi connectivity index (χ1n) is 8.99. The Hall–Kier alpha value is -2.50. The van der Waals surface area contributed by atoms with Gasteiger partial charge in [-0.3, -0.25) is 9.59 Å². The van der Waals surface area contributed by atoms with E-state index in [2.05, 4.69) is 10.6 Å². The molecule has 0 bridgehead atoms. The molecule has 2 heterocycles. The third kappa shape index (κ3) is 3.36. The van der Waals surface area contributed by atoms with Gasteiger partial charge in [0.1, 0.15) is 5.76 Å². The number of nitrogens with one attached hydrogen (secondary N) is 2. The van der Waals surface area contributed by atoms with E-state index in [0.717, 1.165) is 18.5 Å². The van der Waals surface area contributed by atoms with E-state index in [1.165, 1.54) is 0 Å². The molecule has 1 aliphatic heterocycles. The van der Waals surface area contributed by atoms with E-state index in [-0.39, 0.29) is 11.7 Å². The highest BCUT2D eigenvalue weighted by atomic mass is 35.5. The molecule has 7 heteroatoms. The molecular formula is C21H18Cl2N2O3. The van der Waals surface area contributed by atoms with E-state index in [0.29, 0.717) is 44.8 Å². The van der Waals surface area contributed by atoms with Gasteiger partial charge in [0.15, 0.2) is 5.78 Å². The summed E-state index contributed by atoms with van der Waals surface area (Å²) >= 11 is 12.2. The molecule has 0 unspecified atom stereocenters. The van der Waals surface area contributed by atoms with Gasteiger partial charge in [-0.1, -0.05) is 23.2 Å². The molecule has 144 valence electrons. The van der Waals surface area contributed by atoms with Gasteiger partial charge >= 0.3 is 0 Å². The van der Waals surface area contributed by atoms with Gasteiger partial charge in [0, 0.05) is 28.4 Å². The van der Waals surface area contributed by atoms with E-state index < -0.39 is 5.92 Å². The average molecular weight is 417 g/mol. The molecule has 0 saturated carbocycles. The van der Waals surface area contributed by atoms with E-state index in [9.17, 15) is 9.59 Å². The Bertz CT molecular complexity index is 1020. The van der Waals surface area contributed by atoms with Crippen LogP contribution in [-0.4, -0.2) is 11.7 Å². The lowest BCUT2D eigenvalue weighted by molar-refractivity contribution is -0.116. The van der Waals surface area contributed by atoms with Crippen molar-refractivity contribution in [1.29, 1.82) is 0 Å². The molecule has 5 nitrogen and oxygen atoms in total. The number of halogens is 2. The van der Waals surface area contributed by atoms with Crippen LogP contribution < -0.4 is 10.6 Å². The number of rotatable bonds is 3. The van der Waals surface area contributed by atoms with Gasteiger partial charge in [0.05, 0.1) is 28.5 Å². The van der Waals surface area contributed by atoms with Crippen LogP contribution in [0.3, 0.4) is 0 Å². The average Bonchev–Trinajstić information content (AvgIpc) is 3.18. The Morgan fingerprint density at radius 3 is 2.82 bits per heavy atom. The first kappa shape index (κ1) is 18.8. The van der Waals surface area contributed by atoms with Crippen LogP contribution in [0.5, 0.6) is 0 Å². The van der Waals surface area contributed by atoms with Crippen LogP contribution in [0.1, 0.15) is 37.9 Å². The Balaban J connectivity index is 1.76. The Morgan fingerprint density at radius 1 is 1.25 bits per heavy atom. The fraction of sp³-hybridized carbons (Fsp3) is 0.238. The number of allylic oxidation sites excluding steroid dienone is 3. The quantitative estimate of drug-likeness (QED) is 0.721. The number of Topliss-reactive ketones (excluding diaryl/α,β-unsaturated/α-hetero) is 1. The molecule has 2 aromatic rings. The summed E-state index contributed by atoms with van der Waals surface area (Å²) < 4.78 is 5.62. The van der Waals surface area contributed by atoms with E-state index in [4.69, 9.17) is 27.6 Å². The van der Waals surface area contributed by atoms with Crippen LogP contribution in [0.15, 0.2) is 63.6 Å². The minimum Gasteiger partial charge on any atom is -0.468 e. The molecule has 28 heavy (non-hydrogen) atoms. The smallest absolute Gasteiger partial charge is 0.254 e. The van der Waals surface area contributed by atoms with Crippen molar-refractivity contribution in [2.75, 3.05) is 5.32 Å². The molecule has 4 rings (SSSR count). The Morgan fingerprint density at radius 2 is 2.07 bits per heavy atom. The summed E-state index contributed by atoms with van der Waals surface area (Å²) in [6.07, 6.45) is 3.57. The maximum absolute atomic E-state index is 13.2. The molecule has 1 aromatic heterocycles. The van der Waals surface area contributed by atoms with Gasteiger partial charge in [-0.15, -0.1) is 0 Å². The summed E-state index contributed by atoms with van der Waals surface area (Å²) in [7, 11) is 0. The van der Waals surface area contributed by atoms with Gasteiger partial charge in [0.2, 0.25) is 0 Å². The van der Waals surface area contributed by atoms with E-state index in [1.54, 1.807) is 36.6 Å². The number of dihydropyridines is 1. The van der Waals surface area contributed by atoms with Crippen LogP contribution in [0.25, 0.3) is 0 Å². The van der Waals surface area contributed by atoms with Crippen molar-refractivity contribution in [2.45, 2.75) is 32.1 Å². The standard InChI is InChI=1S/C21H18Cl2N2O3/c1-11-18(21(27)25-15-10-12(22)7-8-13(15)23)20(17-6-3-9-28-17)19-14(24-11)4-2-5-16(19)26/h3,6-10,20,24H,2,4-5H2,1H3,(H,25,27)/t20-/m1/s1. The molecule has 0 saturated heterocycles. The number of carbonyl (C=O) groups excluding carboxylic acids is 2. The third-order valence-corrected chi connectivity index (χ3v) is 5.59. The zero-order valence-electron chi connectivity index (χ0n) is 15.1. The second-order valence-corrected chi connectivity index (χ2v) is 7.70. The molecule has 0 spiro atoms. The number of hydrogen-bond acceptors (Lipinski definition) is 4. The molecular weight excluding hydrogens is 399 g/mol. The van der Waals surface area contributed by atoms with Gasteiger partial charge < -0.3 is 15.1 Å². The van der Waals surface area contributed by atoms with Crippen molar-refractivity contribution >= 4 is 40.6 Å². The molecule has 1 amide bonds. The zero-order chi connectivity index (χ0) is 19.8. The number of amides is 1. The van der Waals surface area contributed by atoms with Crippen LogP contribution in [0, 0.1) is 0 Å². The van der Waals surface area contributed by atoms with Gasteiger partial charge in [0.25, 0.3) is 5.91 Å². The topological polar surface area (TPSA) is 71.3 Å². The van der Waals surface area contributed by atoms with E-state index >= 15 is 0 Å². The van der Waals surface area contributed by atoms with Gasteiger partial charge in [-0.2, -0.15) is 0 Å². The molecule has 1 aliphatic carbocycles. The summed E-state index contributed by atoms with van der Waals surface area (Å²) in [5.74, 6) is -0.322. The number of anilines is 1. The lowest BCUT2D eigenvalue weighted by Gasteiger charge is -2.33. The largest absolute Gasteiger partial charge is 0.468 e. The predicted molar refractivity (Wildman–Crippen MR) is 108 cm³/mol. The lowest BCUT2D eigenvalue weighted by Crippen LogP contribution is -2.35. The van der Waals surface area contributed by atoms with Crippen molar-refractivity contribution < 1.29 is 14.0 Å². The molecule has 1 aromatic carbocycles. The summed E-state index contributed by atoms with van der Waals surface area (Å²) in [4.78, 5) is 26.0. The van der Waals surface area contributed by atoms with Crippen molar-refractivity contribution in [3.63, 3.8) is 0 Å². The first-order valence-corrected chi connectivity index (χ1v) is 9.75. The van der Waals surface area contributed by atoms with Crippen LogP contribution >= 0.6 is 23.2 Å². The third-order valence-electron chi connectivity index (χ3n) is 5.02. The van der Waals surface area contributed by atoms with Crippen molar-refractivity contribution in [2.24, 2.45) is 0 Å². The van der Waals surface area contributed by atoms with Gasteiger partial charge in [-0.25, -0.2) is 0 Å². The summed E-state index contributed by atoms with van der Waals surface area (Å²) in [6, 6.07) is 8.40. The fourth-order valence-electron chi connectivity index (χ4n) is 3.81. The van der Waals surface area contributed by atoms with Crippen LogP contribution in [0.2, 0.25) is 10.0 Å². The minimum absolute atomic E-state index is 0.0359.